The molecule has 0 saturated heterocycles. The van der Waals surface area contributed by atoms with Crippen LogP contribution >= 0.6 is 0 Å². The van der Waals surface area contributed by atoms with Gasteiger partial charge in [0.1, 0.15) is 0 Å². The lowest BCUT2D eigenvalue weighted by Gasteiger charge is -2.07. The van der Waals surface area contributed by atoms with Crippen molar-refractivity contribution in [2.75, 3.05) is 6.79 Å². The molecule has 0 bridgehead atoms. The molecule has 3 aromatic rings. The Balaban J connectivity index is 1.20. The van der Waals surface area contributed by atoms with E-state index >= 15 is 0 Å². The van der Waals surface area contributed by atoms with Crippen LogP contribution in [0.1, 0.15) is 29.1 Å². The number of benzene rings is 2. The smallest absolute Gasteiger partial charge is 0.269 e. The number of aromatic nitrogens is 1. The predicted octanol–water partition coefficient (Wildman–Crippen LogP) is 2.85. The molecule has 2 aromatic carbocycles. The molecule has 0 spiro atoms. The maximum atomic E-state index is 12.1. The third-order valence-corrected chi connectivity index (χ3v) is 4.36. The Morgan fingerprint density at radius 1 is 1.00 bits per heavy atom. The summed E-state index contributed by atoms with van der Waals surface area (Å²) in [5.41, 5.74) is 6.11. The number of nitrogens with zero attached hydrogens (tertiary/aromatic N) is 1. The highest BCUT2D eigenvalue weighted by molar-refractivity contribution is 5.96. The molecule has 2 heterocycles. The number of rotatable bonds is 6. The third kappa shape index (κ3) is 4.55. The van der Waals surface area contributed by atoms with Gasteiger partial charge < -0.3 is 13.9 Å². The summed E-state index contributed by atoms with van der Waals surface area (Å²) in [4.78, 5) is 28.3. The monoisotopic (exact) mass is 393 g/mol. The minimum Gasteiger partial charge on any atom is -0.454 e. The van der Waals surface area contributed by atoms with Crippen molar-refractivity contribution in [2.24, 2.45) is 0 Å². The van der Waals surface area contributed by atoms with Gasteiger partial charge in [0, 0.05) is 24.0 Å². The highest BCUT2D eigenvalue weighted by Gasteiger charge is 2.16. The predicted molar refractivity (Wildman–Crippen MR) is 103 cm³/mol. The molecule has 148 valence electrons. The van der Waals surface area contributed by atoms with E-state index in [9.17, 15) is 9.59 Å². The molecule has 1 aliphatic heterocycles. The Hall–Kier alpha value is -3.81. The highest BCUT2D eigenvalue weighted by atomic mass is 16.7. The van der Waals surface area contributed by atoms with Crippen molar-refractivity contribution in [2.45, 2.75) is 19.3 Å². The second kappa shape index (κ2) is 8.47. The molecular weight excluding hydrogens is 374 g/mol. The summed E-state index contributed by atoms with van der Waals surface area (Å²) in [6.07, 6.45) is 2.97. The molecular formula is C21H19N3O5. The molecule has 0 saturated carbocycles. The number of amides is 2. The number of carbonyl (C=O) groups excluding carboxylic acids is 2. The van der Waals surface area contributed by atoms with Crippen molar-refractivity contribution in [3.05, 3.63) is 66.2 Å². The van der Waals surface area contributed by atoms with Crippen LogP contribution < -0.4 is 20.3 Å². The van der Waals surface area contributed by atoms with Gasteiger partial charge in [-0.15, -0.1) is 0 Å². The summed E-state index contributed by atoms with van der Waals surface area (Å²) >= 11 is 0. The van der Waals surface area contributed by atoms with Crippen LogP contribution in [0, 0.1) is 0 Å². The summed E-state index contributed by atoms with van der Waals surface area (Å²) in [7, 11) is 0. The van der Waals surface area contributed by atoms with Crippen LogP contribution in [0.25, 0.3) is 11.3 Å². The quantitative estimate of drug-likeness (QED) is 0.625. The van der Waals surface area contributed by atoms with E-state index in [0.29, 0.717) is 41.6 Å². The van der Waals surface area contributed by atoms with E-state index in [0.717, 1.165) is 5.56 Å². The molecule has 0 radical (unpaired) electrons. The van der Waals surface area contributed by atoms with Crippen LogP contribution in [-0.2, 0) is 11.2 Å². The van der Waals surface area contributed by atoms with Gasteiger partial charge in [-0.05, 0) is 24.6 Å². The lowest BCUT2D eigenvalue weighted by atomic mass is 10.2. The van der Waals surface area contributed by atoms with Crippen molar-refractivity contribution in [1.82, 2.24) is 15.8 Å². The molecule has 8 heteroatoms. The summed E-state index contributed by atoms with van der Waals surface area (Å²) in [6.45, 7) is 0.133. The van der Waals surface area contributed by atoms with Gasteiger partial charge in [0.25, 0.3) is 5.91 Å². The van der Waals surface area contributed by atoms with Crippen LogP contribution in [0.2, 0.25) is 0 Å². The largest absolute Gasteiger partial charge is 0.454 e. The van der Waals surface area contributed by atoms with Gasteiger partial charge in [0.2, 0.25) is 12.7 Å². The molecule has 2 amide bonds. The molecule has 8 nitrogen and oxygen atoms in total. The number of hydrogen-bond donors (Lipinski definition) is 2. The summed E-state index contributed by atoms with van der Waals surface area (Å²) in [5, 5.41) is 0. The summed E-state index contributed by atoms with van der Waals surface area (Å²) in [5.74, 6) is 1.63. The second-order valence-electron chi connectivity index (χ2n) is 6.41. The lowest BCUT2D eigenvalue weighted by Crippen LogP contribution is -2.41. The molecule has 1 aromatic heterocycles. The number of nitrogens with one attached hydrogen (secondary N) is 2. The van der Waals surface area contributed by atoms with Crippen LogP contribution in [-0.4, -0.2) is 23.6 Å². The standard InChI is InChI=1S/C21H19N3O5/c25-19(23-24-21(26)15-9-10-16-17(11-15)28-13-27-16)7-4-8-20-22-12-18(29-20)14-5-2-1-3-6-14/h1-3,5-6,9-12H,4,7-8,13H2,(H,23,25)(H,24,26). The van der Waals surface area contributed by atoms with Crippen LogP contribution in [0.5, 0.6) is 11.5 Å². The first-order chi connectivity index (χ1) is 14.2. The van der Waals surface area contributed by atoms with Crippen molar-refractivity contribution in [3.8, 4) is 22.8 Å². The average Bonchev–Trinajstić information content (AvgIpc) is 3.41. The fourth-order valence-electron chi connectivity index (χ4n) is 2.86. The number of aryl methyl sites for hydroxylation is 1. The maximum Gasteiger partial charge on any atom is 0.269 e. The first-order valence-corrected chi connectivity index (χ1v) is 9.18. The fraction of sp³-hybridized carbons (Fsp3) is 0.190. The van der Waals surface area contributed by atoms with Crippen molar-refractivity contribution >= 4 is 11.8 Å². The van der Waals surface area contributed by atoms with Crippen molar-refractivity contribution < 1.29 is 23.5 Å². The Morgan fingerprint density at radius 2 is 1.83 bits per heavy atom. The molecule has 4 rings (SSSR count). The first kappa shape index (κ1) is 18.5. The molecule has 0 atom stereocenters. The Labute approximate surface area is 166 Å². The SMILES string of the molecule is O=C(CCCc1ncc(-c2ccccc2)o1)NNC(=O)c1ccc2c(c1)OCO2. The van der Waals surface area contributed by atoms with Crippen molar-refractivity contribution in [3.63, 3.8) is 0 Å². The van der Waals surface area contributed by atoms with E-state index in [1.807, 2.05) is 30.3 Å². The zero-order chi connectivity index (χ0) is 20.1. The summed E-state index contributed by atoms with van der Waals surface area (Å²) < 4.78 is 16.1. The van der Waals surface area contributed by atoms with E-state index < -0.39 is 5.91 Å². The van der Waals surface area contributed by atoms with Crippen LogP contribution in [0.3, 0.4) is 0 Å². The fourth-order valence-corrected chi connectivity index (χ4v) is 2.86. The number of oxazole rings is 1. The van der Waals surface area contributed by atoms with E-state index in [1.54, 1.807) is 24.4 Å². The van der Waals surface area contributed by atoms with Gasteiger partial charge in [-0.3, -0.25) is 20.4 Å². The van der Waals surface area contributed by atoms with Gasteiger partial charge in [-0.25, -0.2) is 4.98 Å². The van der Waals surface area contributed by atoms with Gasteiger partial charge in [0.05, 0.1) is 6.20 Å². The molecule has 29 heavy (non-hydrogen) atoms. The van der Waals surface area contributed by atoms with Gasteiger partial charge in [-0.1, -0.05) is 30.3 Å². The number of carbonyl (C=O) groups is 2. The second-order valence-corrected chi connectivity index (χ2v) is 6.41. The number of hydrogen-bond acceptors (Lipinski definition) is 6. The van der Waals surface area contributed by atoms with E-state index in [2.05, 4.69) is 15.8 Å². The van der Waals surface area contributed by atoms with E-state index in [4.69, 9.17) is 13.9 Å². The Kier molecular flexibility index (Phi) is 5.42. The Bertz CT molecular complexity index is 1020. The summed E-state index contributed by atoms with van der Waals surface area (Å²) in [6, 6.07) is 14.5. The van der Waals surface area contributed by atoms with Gasteiger partial charge >= 0.3 is 0 Å². The molecule has 0 aliphatic carbocycles. The molecule has 1 aliphatic rings. The van der Waals surface area contributed by atoms with Gasteiger partial charge in [0.15, 0.2) is 23.1 Å². The van der Waals surface area contributed by atoms with Crippen LogP contribution in [0.4, 0.5) is 0 Å². The Morgan fingerprint density at radius 3 is 2.69 bits per heavy atom. The molecule has 0 fully saturated rings. The maximum absolute atomic E-state index is 12.1. The van der Waals surface area contributed by atoms with E-state index in [-0.39, 0.29) is 19.1 Å². The first-order valence-electron chi connectivity index (χ1n) is 9.18. The third-order valence-electron chi connectivity index (χ3n) is 4.36. The average molecular weight is 393 g/mol. The van der Waals surface area contributed by atoms with E-state index in [1.165, 1.54) is 0 Å². The minimum absolute atomic E-state index is 0.133. The zero-order valence-electron chi connectivity index (χ0n) is 15.5. The minimum atomic E-state index is -0.433. The lowest BCUT2D eigenvalue weighted by molar-refractivity contribution is -0.121. The highest BCUT2D eigenvalue weighted by Crippen LogP contribution is 2.32. The zero-order valence-corrected chi connectivity index (χ0v) is 15.5. The molecule has 0 unspecified atom stereocenters. The molecule has 2 N–H and O–H groups in total. The normalized spacial score (nSPS) is 11.9. The van der Waals surface area contributed by atoms with Crippen LogP contribution in [0.15, 0.2) is 59.1 Å². The van der Waals surface area contributed by atoms with Crippen molar-refractivity contribution in [1.29, 1.82) is 0 Å². The number of fused-ring (bicyclic) bond motifs is 1. The topological polar surface area (TPSA) is 103 Å². The number of ether oxygens (including phenoxy) is 2. The van der Waals surface area contributed by atoms with Gasteiger partial charge in [-0.2, -0.15) is 0 Å². The number of hydrazine groups is 1.